The number of likely N-dealkylation sites (tertiary alicyclic amines) is 1. The maximum atomic E-state index is 14.3. The van der Waals surface area contributed by atoms with E-state index in [9.17, 15) is 14.3 Å². The summed E-state index contributed by atoms with van der Waals surface area (Å²) in [4.78, 5) is 23.5. The molecule has 2 aromatic heterocycles. The summed E-state index contributed by atoms with van der Waals surface area (Å²) in [7, 11) is 1.66. The minimum Gasteiger partial charge on any atom is -0.478 e. The highest BCUT2D eigenvalue weighted by atomic mass is 19.1. The summed E-state index contributed by atoms with van der Waals surface area (Å²) in [6.45, 7) is 3.95. The molecule has 3 radical (unpaired) electrons. The number of hydrogen-bond donors (Lipinski definition) is 1. The van der Waals surface area contributed by atoms with E-state index in [1.165, 1.54) is 23.9 Å². The maximum Gasteiger partial charge on any atom is 0.335 e. The molecule has 10 heteroatoms. The molecule has 1 saturated carbocycles. The number of aromatic carboxylic acids is 1. The van der Waals surface area contributed by atoms with Crippen LogP contribution in [0.2, 0.25) is 0 Å². The normalized spacial score (nSPS) is 16.7. The smallest absolute Gasteiger partial charge is 0.335 e. The van der Waals surface area contributed by atoms with Gasteiger partial charge in [0.15, 0.2) is 0 Å². The van der Waals surface area contributed by atoms with Gasteiger partial charge in [0.05, 0.1) is 53.1 Å². The number of hydrogen-bond acceptors (Lipinski definition) is 7. The van der Waals surface area contributed by atoms with E-state index < -0.39 is 11.8 Å². The van der Waals surface area contributed by atoms with Crippen molar-refractivity contribution in [3.05, 3.63) is 107 Å². The third-order valence-corrected chi connectivity index (χ3v) is 7.78. The predicted octanol–water partition coefficient (Wildman–Crippen LogP) is 5.09. The molecule has 9 nitrogen and oxygen atoms in total. The quantitative estimate of drug-likeness (QED) is 0.282. The number of methoxy groups -OCH3 is 1. The van der Waals surface area contributed by atoms with E-state index >= 15 is 0 Å². The van der Waals surface area contributed by atoms with Crippen LogP contribution in [-0.4, -0.2) is 50.3 Å². The molecule has 6 rings (SSSR count). The number of nitriles is 1. The summed E-state index contributed by atoms with van der Waals surface area (Å²) in [6.07, 6.45) is 1.61. The topological polar surface area (TPSA) is 114 Å². The Hall–Kier alpha value is -4.33. The molecule has 3 heterocycles. The number of aromatic nitrogens is 3. The number of ether oxygens (including phenoxy) is 2. The van der Waals surface area contributed by atoms with Gasteiger partial charge in [0.1, 0.15) is 18.2 Å². The molecule has 2 aromatic carbocycles. The highest BCUT2D eigenvalue weighted by Crippen LogP contribution is 2.58. The number of carbonyl (C=O) groups is 1. The van der Waals surface area contributed by atoms with E-state index in [1.807, 2.05) is 25.1 Å². The molecule has 1 N–H and O–H groups in total. The van der Waals surface area contributed by atoms with Crippen molar-refractivity contribution in [1.29, 1.82) is 5.26 Å². The number of halogens is 1. The van der Waals surface area contributed by atoms with Crippen LogP contribution in [-0.2, 0) is 24.4 Å². The monoisotopic (exact) mass is 566 g/mol. The summed E-state index contributed by atoms with van der Waals surface area (Å²) < 4.78 is 27.7. The second kappa shape index (κ2) is 11.5. The lowest BCUT2D eigenvalue weighted by molar-refractivity contribution is 0.0697. The predicted molar refractivity (Wildman–Crippen MR) is 151 cm³/mol. The van der Waals surface area contributed by atoms with Gasteiger partial charge in [-0.15, -0.1) is 0 Å². The lowest BCUT2D eigenvalue weighted by Gasteiger charge is -2.30. The molecule has 213 valence electrons. The molecule has 0 bridgehead atoms. The molecule has 1 aliphatic heterocycles. The fraction of sp³-hybridized carbons (Fsp3) is 0.281. The number of benzene rings is 2. The van der Waals surface area contributed by atoms with E-state index in [0.29, 0.717) is 24.5 Å². The van der Waals surface area contributed by atoms with Crippen LogP contribution in [0.15, 0.2) is 54.6 Å². The van der Waals surface area contributed by atoms with Gasteiger partial charge < -0.3 is 19.1 Å². The van der Waals surface area contributed by atoms with E-state index in [1.54, 1.807) is 43.5 Å². The summed E-state index contributed by atoms with van der Waals surface area (Å²) in [5.74, 6) is 2.28. The molecule has 2 fully saturated rings. The highest BCUT2D eigenvalue weighted by molar-refractivity contribution is 5.92. The van der Waals surface area contributed by atoms with Crippen LogP contribution in [0.5, 0.6) is 5.88 Å². The van der Waals surface area contributed by atoms with E-state index in [4.69, 9.17) is 24.7 Å². The van der Waals surface area contributed by atoms with Crippen molar-refractivity contribution in [1.82, 2.24) is 19.4 Å². The molecule has 2 aliphatic rings. The number of imidazole rings is 1. The Balaban J connectivity index is 1.14. The second-order valence-electron chi connectivity index (χ2n) is 10.5. The Bertz CT molecular complexity index is 1680. The standard InChI is InChI=1S/C32H29FN5O4/c1-19(41-2)16-38-29-13-21(32(39)40)8-9-27(29)35-30(38)17-37-11-10-23(24-14-28(24)37)26-4-3-5-31(36-26)42-18-22-7-6-20(15-34)12-25(22)33/h3-9,12-13,19H,10-11,14,16-18H2,1-2H3,(H,39,40)/t19-/m1/s1. The highest BCUT2D eigenvalue weighted by Gasteiger charge is 2.52. The van der Waals surface area contributed by atoms with Crippen LogP contribution in [0, 0.1) is 35.0 Å². The third kappa shape index (κ3) is 5.58. The van der Waals surface area contributed by atoms with Crippen molar-refractivity contribution in [3.63, 3.8) is 0 Å². The first-order chi connectivity index (χ1) is 20.3. The van der Waals surface area contributed by atoms with E-state index in [2.05, 4.69) is 9.47 Å². The molecule has 42 heavy (non-hydrogen) atoms. The number of rotatable bonds is 10. The van der Waals surface area contributed by atoms with Crippen LogP contribution in [0.25, 0.3) is 11.0 Å². The number of pyridine rings is 1. The van der Waals surface area contributed by atoms with Crippen molar-refractivity contribution in [3.8, 4) is 11.9 Å². The van der Waals surface area contributed by atoms with Crippen molar-refractivity contribution in [2.45, 2.75) is 45.6 Å². The number of piperidine rings is 1. The summed E-state index contributed by atoms with van der Waals surface area (Å²) in [6, 6.07) is 18.1. The average molecular weight is 567 g/mol. The summed E-state index contributed by atoms with van der Waals surface area (Å²) >= 11 is 0. The molecular weight excluding hydrogens is 537 g/mol. The van der Waals surface area contributed by atoms with Crippen LogP contribution in [0.4, 0.5) is 4.39 Å². The number of nitrogens with zero attached hydrogens (tertiary/aromatic N) is 5. The van der Waals surface area contributed by atoms with Crippen LogP contribution >= 0.6 is 0 Å². The lowest BCUT2D eigenvalue weighted by Crippen LogP contribution is -2.31. The largest absolute Gasteiger partial charge is 0.478 e. The fourth-order valence-electron chi connectivity index (χ4n) is 5.38. The molecule has 4 aromatic rings. The minimum absolute atomic E-state index is 0.0156. The van der Waals surface area contributed by atoms with E-state index in [0.717, 1.165) is 41.9 Å². The van der Waals surface area contributed by atoms with Crippen molar-refractivity contribution < 1.29 is 23.8 Å². The molecule has 1 atom stereocenters. The first-order valence-electron chi connectivity index (χ1n) is 13.7. The van der Waals surface area contributed by atoms with E-state index in [-0.39, 0.29) is 23.8 Å². The van der Waals surface area contributed by atoms with Crippen LogP contribution in [0.1, 0.15) is 52.8 Å². The average Bonchev–Trinajstić information content (AvgIpc) is 3.74. The first kappa shape index (κ1) is 27.8. The fourth-order valence-corrected chi connectivity index (χ4v) is 5.38. The van der Waals surface area contributed by atoms with Gasteiger partial charge in [0.25, 0.3) is 0 Å². The van der Waals surface area contributed by atoms with Crippen LogP contribution < -0.4 is 4.74 Å². The molecule has 0 amide bonds. The molecule has 1 aliphatic carbocycles. The van der Waals surface area contributed by atoms with Crippen LogP contribution in [0.3, 0.4) is 0 Å². The second-order valence-corrected chi connectivity index (χ2v) is 10.5. The molecule has 1 saturated heterocycles. The minimum atomic E-state index is -0.970. The number of carboxylic acids is 1. The first-order valence-corrected chi connectivity index (χ1v) is 13.7. The van der Waals surface area contributed by atoms with Gasteiger partial charge in [-0.1, -0.05) is 12.1 Å². The number of carboxylic acid groups (broad SMARTS) is 1. The van der Waals surface area contributed by atoms with Gasteiger partial charge in [-0.2, -0.15) is 5.26 Å². The Labute approximate surface area is 243 Å². The maximum absolute atomic E-state index is 14.3. The van der Waals surface area contributed by atoms with Gasteiger partial charge in [-0.25, -0.2) is 19.2 Å². The van der Waals surface area contributed by atoms with Crippen molar-refractivity contribution in [2.75, 3.05) is 13.7 Å². The van der Waals surface area contributed by atoms with Gasteiger partial charge in [0.2, 0.25) is 5.88 Å². The van der Waals surface area contributed by atoms with Gasteiger partial charge >= 0.3 is 5.97 Å². The lowest BCUT2D eigenvalue weighted by atomic mass is 9.92. The zero-order chi connectivity index (χ0) is 29.4. The number of fused-ring (bicyclic) bond motifs is 2. The zero-order valence-electron chi connectivity index (χ0n) is 23.3. The van der Waals surface area contributed by atoms with Gasteiger partial charge in [0, 0.05) is 43.2 Å². The molecule has 0 spiro atoms. The molecule has 0 unspecified atom stereocenters. The Morgan fingerprint density at radius 1 is 1.17 bits per heavy atom. The Kier molecular flexibility index (Phi) is 7.62. The third-order valence-electron chi connectivity index (χ3n) is 7.78. The van der Waals surface area contributed by atoms with Gasteiger partial charge in [-0.05, 0) is 56.2 Å². The SMILES string of the molecule is CO[C@H](C)Cn1c(CN2CC[C](c3cccc(OCc4ccc(C#N)cc4F)n3)[C]3C[C]32)nc2ccc(C(=O)O)cc21. The summed E-state index contributed by atoms with van der Waals surface area (Å²) in [5.41, 5.74) is 3.24. The van der Waals surface area contributed by atoms with Gasteiger partial charge in [-0.3, -0.25) is 4.90 Å². The Morgan fingerprint density at radius 2 is 2.02 bits per heavy atom. The van der Waals surface area contributed by atoms with Crippen molar-refractivity contribution >= 4 is 17.0 Å². The Morgan fingerprint density at radius 3 is 2.79 bits per heavy atom. The zero-order valence-corrected chi connectivity index (χ0v) is 23.3. The molecular formula is C32H29FN5O4. The van der Waals surface area contributed by atoms with Crippen molar-refractivity contribution in [2.24, 2.45) is 0 Å². The summed E-state index contributed by atoms with van der Waals surface area (Å²) in [5, 5.41) is 18.5.